The van der Waals surface area contributed by atoms with Crippen LogP contribution in [0.25, 0.3) is 0 Å². The van der Waals surface area contributed by atoms with Crippen molar-refractivity contribution in [1.29, 1.82) is 0 Å². The summed E-state index contributed by atoms with van der Waals surface area (Å²) in [7, 11) is 0. The minimum atomic E-state index is -0.166. The van der Waals surface area contributed by atoms with Crippen molar-refractivity contribution in [2.24, 2.45) is 0 Å². The molecule has 2 aromatic carbocycles. The van der Waals surface area contributed by atoms with E-state index in [9.17, 15) is 4.79 Å². The summed E-state index contributed by atoms with van der Waals surface area (Å²) in [5, 5.41) is 3.23. The quantitative estimate of drug-likeness (QED) is 0.586. The number of hydrogen-bond acceptors (Lipinski definition) is 3. The van der Waals surface area contributed by atoms with E-state index in [0.717, 1.165) is 25.0 Å². The minimum absolute atomic E-state index is 0.125. The summed E-state index contributed by atoms with van der Waals surface area (Å²) >= 11 is 0. The normalized spacial score (nSPS) is 19.1. The lowest BCUT2D eigenvalue weighted by Gasteiger charge is -2.35. The van der Waals surface area contributed by atoms with Crippen LogP contribution in [0, 0.1) is 6.92 Å². The first-order valence-electron chi connectivity index (χ1n) is 11.5. The van der Waals surface area contributed by atoms with Crippen molar-refractivity contribution < 1.29 is 14.3 Å². The molecule has 0 unspecified atom stereocenters. The lowest BCUT2D eigenvalue weighted by atomic mass is 9.87. The number of nitrogens with one attached hydrogen (secondary N) is 1. The van der Waals surface area contributed by atoms with Crippen LogP contribution in [0.1, 0.15) is 76.0 Å². The SMILES string of the molecule is Cc1ccc([C@@H](CCC(=O)N[C@@H]2CCOC(C)(C)C2)c2ccc(OC(C)C)cc2)cc1. The van der Waals surface area contributed by atoms with Crippen LogP contribution in [-0.4, -0.2) is 30.3 Å². The van der Waals surface area contributed by atoms with E-state index < -0.39 is 0 Å². The molecule has 1 N–H and O–H groups in total. The predicted octanol–water partition coefficient (Wildman–Crippen LogP) is 5.77. The smallest absolute Gasteiger partial charge is 0.220 e. The van der Waals surface area contributed by atoms with Gasteiger partial charge in [-0.05, 0) is 77.1 Å². The lowest BCUT2D eigenvalue weighted by Crippen LogP contribution is -2.45. The fraction of sp³-hybridized carbons (Fsp3) is 0.519. The van der Waals surface area contributed by atoms with Crippen molar-refractivity contribution in [3.8, 4) is 5.75 Å². The first-order valence-corrected chi connectivity index (χ1v) is 11.5. The summed E-state index contributed by atoms with van der Waals surface area (Å²) in [6.07, 6.45) is 3.16. The molecule has 31 heavy (non-hydrogen) atoms. The fourth-order valence-electron chi connectivity index (χ4n) is 4.31. The summed E-state index contributed by atoms with van der Waals surface area (Å²) in [5.74, 6) is 1.17. The Bertz CT molecular complexity index is 840. The molecule has 4 nitrogen and oxygen atoms in total. The molecule has 2 atom stereocenters. The molecule has 1 fully saturated rings. The zero-order chi connectivity index (χ0) is 22.4. The predicted molar refractivity (Wildman–Crippen MR) is 126 cm³/mol. The van der Waals surface area contributed by atoms with Gasteiger partial charge in [-0.3, -0.25) is 4.79 Å². The molecular weight excluding hydrogens is 386 g/mol. The highest BCUT2D eigenvalue weighted by molar-refractivity contribution is 5.76. The second-order valence-electron chi connectivity index (χ2n) is 9.60. The fourth-order valence-corrected chi connectivity index (χ4v) is 4.31. The molecule has 168 valence electrons. The number of rotatable bonds is 8. The zero-order valence-corrected chi connectivity index (χ0v) is 19.6. The van der Waals surface area contributed by atoms with E-state index in [1.165, 1.54) is 16.7 Å². The number of ether oxygens (including phenoxy) is 2. The van der Waals surface area contributed by atoms with E-state index >= 15 is 0 Å². The van der Waals surface area contributed by atoms with Gasteiger partial charge in [0.1, 0.15) is 5.75 Å². The van der Waals surface area contributed by atoms with Crippen LogP contribution in [0.3, 0.4) is 0 Å². The largest absolute Gasteiger partial charge is 0.491 e. The third-order valence-corrected chi connectivity index (χ3v) is 5.86. The zero-order valence-electron chi connectivity index (χ0n) is 19.6. The maximum atomic E-state index is 12.7. The minimum Gasteiger partial charge on any atom is -0.491 e. The van der Waals surface area contributed by atoms with Gasteiger partial charge in [-0.25, -0.2) is 0 Å². The molecule has 0 aromatic heterocycles. The van der Waals surface area contributed by atoms with Crippen molar-refractivity contribution >= 4 is 5.91 Å². The Morgan fingerprint density at radius 2 is 1.71 bits per heavy atom. The first kappa shape index (κ1) is 23.3. The second kappa shape index (κ2) is 10.3. The van der Waals surface area contributed by atoms with Gasteiger partial charge in [0.15, 0.2) is 0 Å². The van der Waals surface area contributed by atoms with Gasteiger partial charge >= 0.3 is 0 Å². The van der Waals surface area contributed by atoms with Crippen molar-refractivity contribution in [3.05, 3.63) is 65.2 Å². The van der Waals surface area contributed by atoms with Crippen molar-refractivity contribution in [2.75, 3.05) is 6.61 Å². The molecule has 0 bridgehead atoms. The van der Waals surface area contributed by atoms with Crippen LogP contribution in [0.4, 0.5) is 0 Å². The average molecular weight is 424 g/mol. The Morgan fingerprint density at radius 1 is 1.10 bits per heavy atom. The molecule has 0 aliphatic carbocycles. The Balaban J connectivity index is 1.68. The molecule has 0 radical (unpaired) electrons. The molecule has 3 rings (SSSR count). The number of carbonyl (C=O) groups is 1. The van der Waals surface area contributed by atoms with E-state index in [1.54, 1.807) is 0 Å². The molecule has 0 saturated carbocycles. The molecule has 1 aliphatic rings. The van der Waals surface area contributed by atoms with Crippen LogP contribution < -0.4 is 10.1 Å². The second-order valence-corrected chi connectivity index (χ2v) is 9.60. The Labute approximate surface area is 187 Å². The Morgan fingerprint density at radius 3 is 2.29 bits per heavy atom. The highest BCUT2D eigenvalue weighted by atomic mass is 16.5. The summed E-state index contributed by atoms with van der Waals surface area (Å²) in [6, 6.07) is 17.1. The van der Waals surface area contributed by atoms with Gasteiger partial charge in [0.25, 0.3) is 0 Å². The van der Waals surface area contributed by atoms with Gasteiger partial charge in [-0.1, -0.05) is 42.0 Å². The molecule has 4 heteroatoms. The van der Waals surface area contributed by atoms with Crippen LogP contribution in [0.2, 0.25) is 0 Å². The Hall–Kier alpha value is -2.33. The molecule has 2 aromatic rings. The number of benzene rings is 2. The van der Waals surface area contributed by atoms with E-state index in [4.69, 9.17) is 9.47 Å². The van der Waals surface area contributed by atoms with Crippen LogP contribution in [0.15, 0.2) is 48.5 Å². The molecule has 1 saturated heterocycles. The van der Waals surface area contributed by atoms with E-state index in [0.29, 0.717) is 13.0 Å². The molecular formula is C27H37NO3. The van der Waals surface area contributed by atoms with Gasteiger partial charge in [-0.2, -0.15) is 0 Å². The number of carbonyl (C=O) groups excluding carboxylic acids is 1. The van der Waals surface area contributed by atoms with E-state index in [2.05, 4.69) is 62.5 Å². The first-order chi connectivity index (χ1) is 14.7. The van der Waals surface area contributed by atoms with Crippen LogP contribution >= 0.6 is 0 Å². The highest BCUT2D eigenvalue weighted by Crippen LogP contribution is 2.31. The summed E-state index contributed by atoms with van der Waals surface area (Å²) in [6.45, 7) is 11.0. The van der Waals surface area contributed by atoms with Gasteiger partial charge < -0.3 is 14.8 Å². The molecule has 1 heterocycles. The number of amides is 1. The lowest BCUT2D eigenvalue weighted by molar-refractivity contribution is -0.124. The van der Waals surface area contributed by atoms with Crippen molar-refractivity contribution in [3.63, 3.8) is 0 Å². The average Bonchev–Trinajstić information content (AvgIpc) is 2.69. The maximum absolute atomic E-state index is 12.7. The van der Waals surface area contributed by atoms with Crippen molar-refractivity contribution in [1.82, 2.24) is 5.32 Å². The standard InChI is InChI=1S/C27H37NO3/c1-19(2)31-24-12-10-22(11-13-24)25(21-8-6-20(3)7-9-21)14-15-26(29)28-23-16-17-30-27(4,5)18-23/h6-13,19,23,25H,14-18H2,1-5H3,(H,28,29)/t23-,25-/m1/s1. The van der Waals surface area contributed by atoms with Crippen molar-refractivity contribution in [2.45, 2.75) is 84.0 Å². The maximum Gasteiger partial charge on any atom is 0.220 e. The number of aryl methyl sites for hydroxylation is 1. The highest BCUT2D eigenvalue weighted by Gasteiger charge is 2.29. The summed E-state index contributed by atoms with van der Waals surface area (Å²) in [5.41, 5.74) is 3.52. The molecule has 1 aliphatic heterocycles. The number of hydrogen-bond donors (Lipinski definition) is 1. The van der Waals surface area contributed by atoms with Gasteiger partial charge in [0.05, 0.1) is 11.7 Å². The molecule has 0 spiro atoms. The van der Waals surface area contributed by atoms with Gasteiger partial charge in [0, 0.05) is 25.0 Å². The molecule has 1 amide bonds. The monoisotopic (exact) mass is 423 g/mol. The Kier molecular flexibility index (Phi) is 7.77. The summed E-state index contributed by atoms with van der Waals surface area (Å²) < 4.78 is 11.6. The van der Waals surface area contributed by atoms with Crippen LogP contribution in [0.5, 0.6) is 5.75 Å². The van der Waals surface area contributed by atoms with Gasteiger partial charge in [-0.15, -0.1) is 0 Å². The van der Waals surface area contributed by atoms with E-state index in [1.807, 2.05) is 26.0 Å². The van der Waals surface area contributed by atoms with E-state index in [-0.39, 0.29) is 29.6 Å². The topological polar surface area (TPSA) is 47.6 Å². The summed E-state index contributed by atoms with van der Waals surface area (Å²) in [4.78, 5) is 12.7. The third kappa shape index (κ3) is 7.10. The third-order valence-electron chi connectivity index (χ3n) is 5.86. The van der Waals surface area contributed by atoms with Crippen LogP contribution in [-0.2, 0) is 9.53 Å². The van der Waals surface area contributed by atoms with Gasteiger partial charge in [0.2, 0.25) is 5.91 Å².